The molecule has 0 bridgehead atoms. The molecule has 2 saturated heterocycles. The fourth-order valence-electron chi connectivity index (χ4n) is 4.92. The summed E-state index contributed by atoms with van der Waals surface area (Å²) in [6, 6.07) is 5.79. The highest BCUT2D eigenvalue weighted by molar-refractivity contribution is 6.30. The number of benzene rings is 1. The average Bonchev–Trinajstić information content (AvgIpc) is 2.67. The maximum Gasteiger partial charge on any atom is 0.126 e. The van der Waals surface area contributed by atoms with Crippen molar-refractivity contribution in [2.75, 3.05) is 32.1 Å². The molecule has 3 heterocycles. The fourth-order valence-corrected chi connectivity index (χ4v) is 5.20. The quantitative estimate of drug-likeness (QED) is 0.568. The molecule has 0 aromatic heterocycles. The molecule has 28 heavy (non-hydrogen) atoms. The Labute approximate surface area is 176 Å². The van der Waals surface area contributed by atoms with Crippen LogP contribution in [0.3, 0.4) is 0 Å². The number of alkyl halides is 1. The first-order valence-electron chi connectivity index (χ1n) is 10.0. The van der Waals surface area contributed by atoms with Crippen LogP contribution in [-0.2, 0) is 4.74 Å². The molecule has 3 aliphatic rings. The number of halogens is 2. The summed E-state index contributed by atoms with van der Waals surface area (Å²) < 4.78 is 12.8. The molecule has 1 aromatic carbocycles. The molecule has 1 spiro atoms. The number of piperidine rings is 1. The molecule has 2 N–H and O–H groups in total. The molecule has 3 unspecified atom stereocenters. The van der Waals surface area contributed by atoms with Crippen LogP contribution in [0.4, 0.5) is 0 Å². The Hall–Kier alpha value is -0.600. The van der Waals surface area contributed by atoms with Crippen LogP contribution in [0.5, 0.6) is 5.75 Å². The van der Waals surface area contributed by atoms with Gasteiger partial charge in [0.2, 0.25) is 0 Å². The molecule has 0 radical (unpaired) electrons. The van der Waals surface area contributed by atoms with Gasteiger partial charge in [0.15, 0.2) is 0 Å². The van der Waals surface area contributed by atoms with Crippen molar-refractivity contribution in [1.82, 2.24) is 10.4 Å². The molecule has 3 aliphatic heterocycles. The summed E-state index contributed by atoms with van der Waals surface area (Å²) in [6.45, 7) is 7.02. The van der Waals surface area contributed by atoms with Crippen LogP contribution < -0.4 is 15.4 Å². The van der Waals surface area contributed by atoms with Gasteiger partial charge in [-0.15, -0.1) is 22.0 Å². The van der Waals surface area contributed by atoms with Crippen LogP contribution in [0, 0.1) is 16.5 Å². The zero-order chi connectivity index (χ0) is 19.9. The molecule has 0 amide bonds. The smallest absolute Gasteiger partial charge is 0.126 e. The first-order chi connectivity index (χ1) is 13.3. The van der Waals surface area contributed by atoms with Gasteiger partial charge >= 0.3 is 0 Å². The predicted molar refractivity (Wildman–Crippen MR) is 109 cm³/mol. The molecule has 156 valence electrons. The fraction of sp³-hybridized carbons (Fsp3) is 0.700. The summed E-state index contributed by atoms with van der Waals surface area (Å²) in [5.74, 6) is 1.56. The van der Waals surface area contributed by atoms with Gasteiger partial charge in [-0.05, 0) is 56.7 Å². The monoisotopic (exact) mass is 429 g/mol. The standard InChI is InChI=1S/C20H29Cl2N3O3/c1-19(2)16-12-20(5-9-24(10-6-20)25(26)23-8-7-21)13-27-18(16)15-11-14(22)3-4-17(15)28-19/h3-4,11,16,18,23,25H,5-10,12-13H2,1-2H3. The Morgan fingerprint density at radius 3 is 2.79 bits per heavy atom. The lowest BCUT2D eigenvalue weighted by molar-refractivity contribution is -1.01. The van der Waals surface area contributed by atoms with Crippen LogP contribution >= 0.6 is 23.2 Å². The van der Waals surface area contributed by atoms with E-state index >= 15 is 0 Å². The predicted octanol–water partition coefficient (Wildman–Crippen LogP) is 2.71. The van der Waals surface area contributed by atoms with E-state index in [0.29, 0.717) is 24.1 Å². The van der Waals surface area contributed by atoms with Crippen LogP contribution in [0.25, 0.3) is 0 Å². The van der Waals surface area contributed by atoms with E-state index in [9.17, 15) is 5.21 Å². The van der Waals surface area contributed by atoms with E-state index in [2.05, 4.69) is 19.3 Å². The van der Waals surface area contributed by atoms with Crippen molar-refractivity contribution in [2.45, 2.75) is 44.8 Å². The summed E-state index contributed by atoms with van der Waals surface area (Å²) in [7, 11) is 0. The number of fused-ring (bicyclic) bond motifs is 3. The second-order valence-electron chi connectivity index (χ2n) is 8.84. The summed E-state index contributed by atoms with van der Waals surface area (Å²) in [5, 5.41) is 14.8. The second kappa shape index (κ2) is 7.91. The Bertz CT molecular complexity index is 710. The molecule has 6 nitrogen and oxygen atoms in total. The third-order valence-corrected chi connectivity index (χ3v) is 7.04. The maximum atomic E-state index is 12.2. The van der Waals surface area contributed by atoms with E-state index in [0.717, 1.165) is 43.7 Å². The van der Waals surface area contributed by atoms with Crippen molar-refractivity contribution in [3.05, 3.63) is 34.0 Å². The molecule has 4 rings (SSSR count). The van der Waals surface area contributed by atoms with E-state index in [1.165, 1.54) is 0 Å². The molecular formula is C20H29Cl2N3O3. The van der Waals surface area contributed by atoms with Crippen molar-refractivity contribution in [3.8, 4) is 5.75 Å². The number of rotatable bonds is 4. The summed E-state index contributed by atoms with van der Waals surface area (Å²) >= 11 is 11.9. The minimum atomic E-state index is -0.312. The number of hydrogen-bond acceptors (Lipinski definition) is 5. The van der Waals surface area contributed by atoms with Crippen molar-refractivity contribution in [2.24, 2.45) is 11.3 Å². The largest absolute Gasteiger partial charge is 0.593 e. The lowest BCUT2D eigenvalue weighted by Gasteiger charge is -2.54. The van der Waals surface area contributed by atoms with Crippen molar-refractivity contribution in [1.29, 1.82) is 0 Å². The van der Waals surface area contributed by atoms with Gasteiger partial charge in [-0.3, -0.25) is 0 Å². The third kappa shape index (κ3) is 3.88. The highest BCUT2D eigenvalue weighted by atomic mass is 35.5. The zero-order valence-electron chi connectivity index (χ0n) is 16.5. The van der Waals surface area contributed by atoms with Gasteiger partial charge in [0, 0.05) is 22.4 Å². The van der Waals surface area contributed by atoms with E-state index in [1.807, 2.05) is 23.2 Å². The van der Waals surface area contributed by atoms with Crippen molar-refractivity contribution in [3.63, 3.8) is 0 Å². The van der Waals surface area contributed by atoms with E-state index in [4.69, 9.17) is 32.7 Å². The topological polar surface area (TPSA) is 61.2 Å². The molecule has 3 atom stereocenters. The van der Waals surface area contributed by atoms with E-state index < -0.39 is 0 Å². The zero-order valence-corrected chi connectivity index (χ0v) is 18.0. The summed E-state index contributed by atoms with van der Waals surface area (Å²) in [6.07, 6.45) is 2.94. The second-order valence-corrected chi connectivity index (χ2v) is 9.65. The highest BCUT2D eigenvalue weighted by Crippen LogP contribution is 2.55. The van der Waals surface area contributed by atoms with E-state index in [-0.39, 0.29) is 28.3 Å². The normalized spacial score (nSPS) is 29.6. The number of quaternary nitrogens is 1. The lowest BCUT2D eigenvalue weighted by atomic mass is 9.64. The molecule has 2 fully saturated rings. The molecule has 0 saturated carbocycles. The molecule has 0 aliphatic carbocycles. The van der Waals surface area contributed by atoms with Gasteiger partial charge in [-0.2, -0.15) is 0 Å². The van der Waals surface area contributed by atoms with Gasteiger partial charge in [0.25, 0.3) is 0 Å². The molecular weight excluding hydrogens is 401 g/mol. The van der Waals surface area contributed by atoms with Crippen LogP contribution in [0.2, 0.25) is 5.02 Å². The minimum Gasteiger partial charge on any atom is -0.593 e. The van der Waals surface area contributed by atoms with Gasteiger partial charge in [-0.1, -0.05) is 11.6 Å². The van der Waals surface area contributed by atoms with Crippen LogP contribution in [0.15, 0.2) is 18.2 Å². The Morgan fingerprint density at radius 1 is 1.32 bits per heavy atom. The third-order valence-electron chi connectivity index (χ3n) is 6.61. The summed E-state index contributed by atoms with van der Waals surface area (Å²) in [4.78, 5) is 0. The Balaban J connectivity index is 1.48. The average molecular weight is 430 g/mol. The van der Waals surface area contributed by atoms with E-state index in [1.54, 1.807) is 0 Å². The first-order valence-corrected chi connectivity index (χ1v) is 10.9. The number of ether oxygens (including phenoxy) is 2. The number of hydrogen-bond donors (Lipinski definition) is 2. The van der Waals surface area contributed by atoms with Crippen molar-refractivity contribution < 1.29 is 14.8 Å². The first kappa shape index (κ1) is 20.7. The van der Waals surface area contributed by atoms with Gasteiger partial charge in [-0.25, -0.2) is 5.28 Å². The van der Waals surface area contributed by atoms with Gasteiger partial charge in [0.1, 0.15) is 11.4 Å². The minimum absolute atomic E-state index is 0.00752. The maximum absolute atomic E-state index is 12.2. The number of nitrogens with one attached hydrogen (secondary N) is 2. The molecule has 1 aromatic rings. The summed E-state index contributed by atoms with van der Waals surface area (Å²) in [5.41, 5.74) is 3.71. The SMILES string of the molecule is CC1(C)Oc2ccc(Cl)cc2C2OCC3(CCN([NH+]([O-])NCCCl)CC3)CC21. The lowest BCUT2D eigenvalue weighted by Crippen LogP contribution is -3.20. The highest BCUT2D eigenvalue weighted by Gasteiger charge is 2.53. The Morgan fingerprint density at radius 2 is 2.07 bits per heavy atom. The van der Waals surface area contributed by atoms with Crippen LogP contribution in [-0.4, -0.2) is 42.7 Å². The van der Waals surface area contributed by atoms with Gasteiger partial charge < -0.3 is 14.7 Å². The molecule has 8 heteroatoms. The van der Waals surface area contributed by atoms with Gasteiger partial charge in [0.05, 0.1) is 32.3 Å². The van der Waals surface area contributed by atoms with Crippen LogP contribution in [0.1, 0.15) is 44.8 Å². The Kier molecular flexibility index (Phi) is 5.84. The van der Waals surface area contributed by atoms with Crippen molar-refractivity contribution >= 4 is 23.2 Å². The number of nitrogens with zero attached hydrogens (tertiary/aromatic N) is 1.